The normalized spacial score (nSPS) is 10.2. The van der Waals surface area contributed by atoms with Crippen LogP contribution in [-0.2, 0) is 0 Å². The number of halogens is 1. The zero-order chi connectivity index (χ0) is 10.8. The van der Waals surface area contributed by atoms with Crippen molar-refractivity contribution >= 4 is 28.6 Å². The van der Waals surface area contributed by atoms with Crippen molar-refractivity contribution in [3.63, 3.8) is 0 Å². The second-order valence-electron chi connectivity index (χ2n) is 2.91. The highest BCUT2D eigenvalue weighted by Gasteiger charge is 2.14. The monoisotopic (exact) mass is 239 g/mol. The number of benzene rings is 1. The Hall–Kier alpha value is -1.39. The number of hydrogen-bond acceptors (Lipinski definition) is 3. The molecule has 76 valence electrons. The average Bonchev–Trinajstić information content (AvgIpc) is 2.65. The molecule has 0 bridgehead atoms. The second-order valence-corrected chi connectivity index (χ2v) is 4.46. The van der Waals surface area contributed by atoms with Gasteiger partial charge in [-0.1, -0.05) is 23.7 Å². The van der Waals surface area contributed by atoms with Crippen molar-refractivity contribution in [3.05, 3.63) is 50.2 Å². The number of thiophene rings is 1. The molecular formula is C10H6ClNO2S. The van der Waals surface area contributed by atoms with Gasteiger partial charge in [-0.25, -0.2) is 0 Å². The van der Waals surface area contributed by atoms with E-state index in [4.69, 9.17) is 11.6 Å². The third-order valence-corrected chi connectivity index (χ3v) is 3.07. The van der Waals surface area contributed by atoms with Gasteiger partial charge in [0.2, 0.25) is 0 Å². The van der Waals surface area contributed by atoms with Gasteiger partial charge in [-0.05, 0) is 12.1 Å². The Labute approximate surface area is 95.1 Å². The van der Waals surface area contributed by atoms with Crippen LogP contribution < -0.4 is 0 Å². The summed E-state index contributed by atoms with van der Waals surface area (Å²) in [5.74, 6) is 0. The molecule has 1 heterocycles. The zero-order valence-corrected chi connectivity index (χ0v) is 9.09. The maximum atomic E-state index is 10.8. The van der Waals surface area contributed by atoms with Gasteiger partial charge in [0.1, 0.15) is 0 Å². The highest BCUT2D eigenvalue weighted by molar-refractivity contribution is 7.14. The molecule has 0 aliphatic rings. The molecular weight excluding hydrogens is 234 g/mol. The molecule has 0 spiro atoms. The van der Waals surface area contributed by atoms with E-state index in [9.17, 15) is 10.1 Å². The van der Waals surface area contributed by atoms with E-state index < -0.39 is 0 Å². The molecule has 0 aliphatic heterocycles. The first-order valence-corrected chi connectivity index (χ1v) is 5.42. The van der Waals surface area contributed by atoms with Gasteiger partial charge in [-0.2, -0.15) is 0 Å². The zero-order valence-electron chi connectivity index (χ0n) is 7.51. The lowest BCUT2D eigenvalue weighted by Gasteiger charge is -1.98. The van der Waals surface area contributed by atoms with Crippen molar-refractivity contribution in [2.24, 2.45) is 0 Å². The van der Waals surface area contributed by atoms with Crippen molar-refractivity contribution in [3.8, 4) is 11.1 Å². The first kappa shape index (κ1) is 10.1. The molecule has 0 aliphatic carbocycles. The quantitative estimate of drug-likeness (QED) is 0.588. The first-order chi connectivity index (χ1) is 7.18. The number of nitrogens with zero attached hydrogens (tertiary/aromatic N) is 1. The van der Waals surface area contributed by atoms with Crippen LogP contribution in [0.2, 0.25) is 4.34 Å². The van der Waals surface area contributed by atoms with Gasteiger partial charge in [0, 0.05) is 17.0 Å². The molecule has 15 heavy (non-hydrogen) atoms. The van der Waals surface area contributed by atoms with E-state index in [0.29, 0.717) is 9.90 Å². The molecule has 1 aromatic carbocycles. The van der Waals surface area contributed by atoms with Crippen LogP contribution in [0.3, 0.4) is 0 Å². The van der Waals surface area contributed by atoms with Crippen molar-refractivity contribution in [1.29, 1.82) is 0 Å². The summed E-state index contributed by atoms with van der Waals surface area (Å²) in [5, 5.41) is 12.6. The number of rotatable bonds is 2. The number of nitro groups is 1. The molecule has 0 amide bonds. The summed E-state index contributed by atoms with van der Waals surface area (Å²) in [4.78, 5) is 10.4. The SMILES string of the molecule is O=[N+]([O-])c1ccccc1-c1csc(Cl)c1. The summed E-state index contributed by atoms with van der Waals surface area (Å²) < 4.78 is 0.628. The minimum Gasteiger partial charge on any atom is -0.258 e. The molecule has 0 N–H and O–H groups in total. The third kappa shape index (κ3) is 2.00. The van der Waals surface area contributed by atoms with Gasteiger partial charge >= 0.3 is 0 Å². The molecule has 3 nitrogen and oxygen atoms in total. The molecule has 2 rings (SSSR count). The lowest BCUT2D eigenvalue weighted by Crippen LogP contribution is -1.90. The van der Waals surface area contributed by atoms with Gasteiger partial charge < -0.3 is 0 Å². The van der Waals surface area contributed by atoms with Crippen LogP contribution in [0.25, 0.3) is 11.1 Å². The lowest BCUT2D eigenvalue weighted by molar-refractivity contribution is -0.384. The minimum absolute atomic E-state index is 0.104. The highest BCUT2D eigenvalue weighted by Crippen LogP contribution is 2.34. The standard InChI is InChI=1S/C10H6ClNO2S/c11-10-5-7(6-15-10)8-3-1-2-4-9(8)12(13)14/h1-6H. The molecule has 0 radical (unpaired) electrons. The van der Waals surface area contributed by atoms with Gasteiger partial charge in [0.25, 0.3) is 5.69 Å². The second kappa shape index (κ2) is 4.00. The molecule has 0 saturated heterocycles. The summed E-state index contributed by atoms with van der Waals surface area (Å²) in [6, 6.07) is 8.36. The van der Waals surface area contributed by atoms with Crippen LogP contribution in [0, 0.1) is 10.1 Å². The number of nitro benzene ring substituents is 1. The molecule has 0 fully saturated rings. The molecule has 1 aromatic heterocycles. The van der Waals surface area contributed by atoms with E-state index in [1.807, 2.05) is 5.38 Å². The summed E-state index contributed by atoms with van der Waals surface area (Å²) in [6.07, 6.45) is 0. The van der Waals surface area contributed by atoms with Crippen molar-refractivity contribution in [2.75, 3.05) is 0 Å². The topological polar surface area (TPSA) is 43.1 Å². The van der Waals surface area contributed by atoms with Crippen LogP contribution in [0.1, 0.15) is 0 Å². The van der Waals surface area contributed by atoms with Gasteiger partial charge in [0.05, 0.1) is 14.8 Å². The number of hydrogen-bond donors (Lipinski definition) is 0. The fraction of sp³-hybridized carbons (Fsp3) is 0. The smallest absolute Gasteiger partial charge is 0.258 e. The predicted molar refractivity (Wildman–Crippen MR) is 61.4 cm³/mol. The van der Waals surface area contributed by atoms with E-state index >= 15 is 0 Å². The Kier molecular flexibility index (Phi) is 2.70. The van der Waals surface area contributed by atoms with E-state index in [1.54, 1.807) is 24.3 Å². The maximum absolute atomic E-state index is 10.8. The highest BCUT2D eigenvalue weighted by atomic mass is 35.5. The fourth-order valence-electron chi connectivity index (χ4n) is 1.33. The Morgan fingerprint density at radius 2 is 2.07 bits per heavy atom. The van der Waals surface area contributed by atoms with E-state index in [0.717, 1.165) is 5.56 Å². The van der Waals surface area contributed by atoms with E-state index in [-0.39, 0.29) is 10.6 Å². The van der Waals surface area contributed by atoms with Gasteiger partial charge in [0.15, 0.2) is 0 Å². The van der Waals surface area contributed by atoms with Crippen molar-refractivity contribution in [2.45, 2.75) is 0 Å². The predicted octanol–water partition coefficient (Wildman–Crippen LogP) is 3.98. The Bertz CT molecular complexity index is 510. The van der Waals surface area contributed by atoms with E-state index in [2.05, 4.69) is 0 Å². The molecule has 0 atom stereocenters. The Morgan fingerprint density at radius 1 is 1.33 bits per heavy atom. The summed E-state index contributed by atoms with van der Waals surface area (Å²) in [7, 11) is 0. The molecule has 5 heteroatoms. The van der Waals surface area contributed by atoms with Crippen molar-refractivity contribution < 1.29 is 4.92 Å². The fourth-order valence-corrected chi connectivity index (χ4v) is 2.21. The number of para-hydroxylation sites is 1. The van der Waals surface area contributed by atoms with Crippen LogP contribution in [0.4, 0.5) is 5.69 Å². The maximum Gasteiger partial charge on any atom is 0.277 e. The first-order valence-electron chi connectivity index (χ1n) is 4.16. The van der Waals surface area contributed by atoms with Gasteiger partial charge in [-0.3, -0.25) is 10.1 Å². The Balaban J connectivity index is 2.57. The largest absolute Gasteiger partial charge is 0.277 e. The summed E-state index contributed by atoms with van der Waals surface area (Å²) in [6.45, 7) is 0. The minimum atomic E-state index is -0.388. The molecule has 0 saturated carbocycles. The summed E-state index contributed by atoms with van der Waals surface area (Å²) >= 11 is 7.15. The summed E-state index contributed by atoms with van der Waals surface area (Å²) in [5.41, 5.74) is 1.50. The third-order valence-electron chi connectivity index (χ3n) is 1.98. The van der Waals surface area contributed by atoms with Crippen LogP contribution in [0.15, 0.2) is 35.7 Å². The Morgan fingerprint density at radius 3 is 2.67 bits per heavy atom. The van der Waals surface area contributed by atoms with Crippen LogP contribution in [0.5, 0.6) is 0 Å². The van der Waals surface area contributed by atoms with Crippen molar-refractivity contribution in [1.82, 2.24) is 0 Å². The molecule has 0 unspecified atom stereocenters. The van der Waals surface area contributed by atoms with E-state index in [1.165, 1.54) is 17.4 Å². The van der Waals surface area contributed by atoms with Gasteiger partial charge in [-0.15, -0.1) is 11.3 Å². The molecule has 2 aromatic rings. The lowest BCUT2D eigenvalue weighted by atomic mass is 10.1. The van der Waals surface area contributed by atoms with Crippen LogP contribution >= 0.6 is 22.9 Å². The van der Waals surface area contributed by atoms with Crippen LogP contribution in [-0.4, -0.2) is 4.92 Å². The average molecular weight is 240 g/mol.